The number of nitrogens with two attached hydrogens (primary N) is 3. The van der Waals surface area contributed by atoms with E-state index in [0.29, 0.717) is 58.2 Å². The van der Waals surface area contributed by atoms with Crippen LogP contribution in [0.15, 0.2) is 32.0 Å². The first kappa shape index (κ1) is 30.9. The van der Waals surface area contributed by atoms with Crippen LogP contribution >= 0.6 is 0 Å². The third-order valence-electron chi connectivity index (χ3n) is 6.91. The molecule has 0 radical (unpaired) electrons. The van der Waals surface area contributed by atoms with E-state index in [1.165, 1.54) is 18.8 Å². The van der Waals surface area contributed by atoms with Gasteiger partial charge in [-0.1, -0.05) is 0 Å². The number of carbonyl (C=O) groups is 3. The van der Waals surface area contributed by atoms with Crippen LogP contribution in [0.2, 0.25) is 0 Å². The Bertz CT molecular complexity index is 1160. The van der Waals surface area contributed by atoms with Crippen LogP contribution in [-0.2, 0) is 0 Å². The Morgan fingerprint density at radius 2 is 0.810 bits per heavy atom. The third-order valence-corrected chi connectivity index (χ3v) is 6.91. The Labute approximate surface area is 242 Å². The van der Waals surface area contributed by atoms with Gasteiger partial charge in [-0.25, -0.2) is 15.0 Å². The molecule has 1 aliphatic heterocycles. The molecular formula is C27H39N9O6. The number of aromatic nitrogens is 3. The Morgan fingerprint density at radius 1 is 0.524 bits per heavy atom. The van der Waals surface area contributed by atoms with Gasteiger partial charge in [-0.3, -0.25) is 14.4 Å². The fraction of sp³-hybridized carbons (Fsp3) is 0.556. The van der Waals surface area contributed by atoms with Gasteiger partial charge in [-0.15, -0.1) is 0 Å². The van der Waals surface area contributed by atoms with Crippen LogP contribution in [0.25, 0.3) is 0 Å². The van der Waals surface area contributed by atoms with Crippen LogP contribution < -0.4 is 33.2 Å². The number of carbonyl (C=O) groups excluding carboxylic acids is 3. The van der Waals surface area contributed by atoms with Crippen molar-refractivity contribution in [2.75, 3.05) is 19.6 Å². The molecule has 15 heteroatoms. The summed E-state index contributed by atoms with van der Waals surface area (Å²) in [6, 6.07) is -1.96. The van der Waals surface area contributed by atoms with Crippen molar-refractivity contribution >= 4 is 17.7 Å². The van der Waals surface area contributed by atoms with Crippen molar-refractivity contribution in [3.05, 3.63) is 53.5 Å². The van der Waals surface area contributed by atoms with E-state index in [9.17, 15) is 14.4 Å². The Kier molecular flexibility index (Phi) is 11.2. The molecule has 9 N–H and O–H groups in total. The molecule has 6 bridgehead atoms. The van der Waals surface area contributed by atoms with Crippen LogP contribution in [0, 0.1) is 0 Å². The van der Waals surface area contributed by atoms with E-state index in [-0.39, 0.29) is 34.8 Å². The average Bonchev–Trinajstić information content (AvgIpc) is 3.77. The molecule has 3 atom stereocenters. The molecule has 3 amide bonds. The summed E-state index contributed by atoms with van der Waals surface area (Å²) >= 11 is 0. The zero-order valence-electron chi connectivity index (χ0n) is 23.5. The highest BCUT2D eigenvalue weighted by atomic mass is 16.4. The van der Waals surface area contributed by atoms with Crippen LogP contribution in [-0.4, -0.2) is 52.3 Å². The first-order valence-electron chi connectivity index (χ1n) is 14.3. The van der Waals surface area contributed by atoms with Gasteiger partial charge in [-0.05, 0) is 77.4 Å². The predicted molar refractivity (Wildman–Crippen MR) is 149 cm³/mol. The molecule has 1 aliphatic rings. The smallest absolute Gasteiger partial charge is 0.273 e. The Balaban J connectivity index is 1.70. The zero-order valence-corrected chi connectivity index (χ0v) is 23.5. The highest BCUT2D eigenvalue weighted by Gasteiger charge is 2.29. The first-order chi connectivity index (χ1) is 20.4. The lowest BCUT2D eigenvalue weighted by atomic mass is 10.1. The van der Waals surface area contributed by atoms with Crippen molar-refractivity contribution in [2.24, 2.45) is 17.2 Å². The number of rotatable bonds is 12. The van der Waals surface area contributed by atoms with E-state index in [1.807, 2.05) is 0 Å². The summed E-state index contributed by atoms with van der Waals surface area (Å²) in [7, 11) is 0. The summed E-state index contributed by atoms with van der Waals surface area (Å²) in [5, 5.41) is 8.62. The van der Waals surface area contributed by atoms with Gasteiger partial charge < -0.3 is 46.4 Å². The number of nitrogens with zero attached hydrogens (tertiary/aromatic N) is 3. The average molecular weight is 586 g/mol. The molecule has 0 fully saturated rings. The minimum absolute atomic E-state index is 0.0154. The van der Waals surface area contributed by atoms with Gasteiger partial charge in [0.15, 0.2) is 17.1 Å². The quantitative estimate of drug-likeness (QED) is 0.167. The molecule has 0 unspecified atom stereocenters. The largest absolute Gasteiger partial charge is 0.446 e. The van der Waals surface area contributed by atoms with Gasteiger partial charge >= 0.3 is 0 Å². The number of fused-ring (bicyclic) bond motifs is 6. The van der Waals surface area contributed by atoms with Gasteiger partial charge in [0.2, 0.25) is 17.7 Å². The normalized spacial score (nSPS) is 19.5. The number of unbranched alkanes of at least 4 members (excludes halogenated alkanes) is 3. The SMILES string of the molecule is NCCCC[C@@H]1NC(=O)c2coc(n2)[C@@H](CCCCN)NC(=O)c2coc(n2)[C@H](CCCCN)NC(=O)c2coc1n2. The zero-order chi connectivity index (χ0) is 29.9. The molecule has 15 nitrogen and oxygen atoms in total. The lowest BCUT2D eigenvalue weighted by Crippen LogP contribution is -2.32. The van der Waals surface area contributed by atoms with Gasteiger partial charge in [0, 0.05) is 0 Å². The van der Waals surface area contributed by atoms with Crippen molar-refractivity contribution in [3.63, 3.8) is 0 Å². The second-order valence-electron chi connectivity index (χ2n) is 10.1. The second kappa shape index (κ2) is 15.2. The van der Waals surface area contributed by atoms with E-state index in [4.69, 9.17) is 30.5 Å². The van der Waals surface area contributed by atoms with Crippen molar-refractivity contribution in [1.29, 1.82) is 0 Å². The summed E-state index contributed by atoms with van der Waals surface area (Å²) in [6.07, 6.45) is 9.30. The Morgan fingerprint density at radius 3 is 1.07 bits per heavy atom. The summed E-state index contributed by atoms with van der Waals surface area (Å²) in [6.45, 7) is 1.45. The van der Waals surface area contributed by atoms with Crippen LogP contribution in [0.4, 0.5) is 0 Å². The number of amides is 3. The first-order valence-corrected chi connectivity index (χ1v) is 14.3. The number of hydrogen-bond donors (Lipinski definition) is 6. The van der Waals surface area contributed by atoms with E-state index in [1.54, 1.807) is 0 Å². The summed E-state index contributed by atoms with van der Waals surface area (Å²) < 4.78 is 16.9. The molecule has 3 aromatic rings. The van der Waals surface area contributed by atoms with Crippen LogP contribution in [0.1, 0.15) is 125 Å². The van der Waals surface area contributed by atoms with E-state index in [0.717, 1.165) is 19.3 Å². The predicted octanol–water partition coefficient (Wildman–Crippen LogP) is 1.76. The summed E-state index contributed by atoms with van der Waals surface area (Å²) in [4.78, 5) is 52.7. The molecule has 0 aromatic carbocycles. The maximum atomic E-state index is 13.2. The molecule has 0 saturated heterocycles. The molecule has 0 spiro atoms. The molecular weight excluding hydrogens is 546 g/mol. The van der Waals surface area contributed by atoms with E-state index < -0.39 is 35.8 Å². The number of oxazole rings is 3. The fourth-order valence-corrected chi connectivity index (χ4v) is 4.60. The van der Waals surface area contributed by atoms with Crippen molar-refractivity contribution in [3.8, 4) is 0 Å². The van der Waals surface area contributed by atoms with Crippen molar-refractivity contribution < 1.29 is 27.6 Å². The van der Waals surface area contributed by atoms with Gasteiger partial charge in [0.05, 0.1) is 0 Å². The van der Waals surface area contributed by atoms with Gasteiger partial charge in [-0.2, -0.15) is 0 Å². The standard InChI is InChI=1S/C27H39N9O6/c28-10-4-1-7-16-25-34-20(13-40-25)23(38)32-18(9-3-6-12-30)27-36-21(15-42-27)24(39)33-17(8-2-5-11-29)26-35-19(14-41-26)22(37)31-16/h13-18H,1-12,28-30H2,(H,31,37)(H,32,38)(H,33,39)/t16-,17-,18+/m0/s1. The lowest BCUT2D eigenvalue weighted by molar-refractivity contribution is 0.0916. The van der Waals surface area contributed by atoms with Crippen molar-refractivity contribution in [2.45, 2.75) is 75.9 Å². The van der Waals surface area contributed by atoms with Crippen LogP contribution in [0.5, 0.6) is 0 Å². The molecule has 4 rings (SSSR count). The summed E-state index contributed by atoms with van der Waals surface area (Å²) in [5.74, 6) is -1.08. The lowest BCUT2D eigenvalue weighted by Gasteiger charge is -2.16. The molecule has 4 heterocycles. The number of hydrogen-bond acceptors (Lipinski definition) is 12. The van der Waals surface area contributed by atoms with Gasteiger partial charge in [0.1, 0.15) is 36.9 Å². The Hall–Kier alpha value is -4.08. The third kappa shape index (κ3) is 8.02. The molecule has 0 aliphatic carbocycles. The van der Waals surface area contributed by atoms with Crippen LogP contribution in [0.3, 0.4) is 0 Å². The van der Waals surface area contributed by atoms with Gasteiger partial charge in [0.25, 0.3) is 17.7 Å². The maximum Gasteiger partial charge on any atom is 0.273 e. The number of nitrogens with one attached hydrogen (secondary N) is 3. The highest BCUT2D eigenvalue weighted by Crippen LogP contribution is 2.25. The highest BCUT2D eigenvalue weighted by molar-refractivity contribution is 5.94. The topological polar surface area (TPSA) is 243 Å². The second-order valence-corrected chi connectivity index (χ2v) is 10.1. The minimum atomic E-state index is -0.653. The van der Waals surface area contributed by atoms with Crippen molar-refractivity contribution in [1.82, 2.24) is 30.9 Å². The molecule has 42 heavy (non-hydrogen) atoms. The fourth-order valence-electron chi connectivity index (χ4n) is 4.60. The molecule has 3 aromatic heterocycles. The molecule has 228 valence electrons. The molecule has 0 saturated carbocycles. The van der Waals surface area contributed by atoms with E-state index in [2.05, 4.69) is 30.9 Å². The monoisotopic (exact) mass is 585 g/mol. The summed E-state index contributed by atoms with van der Waals surface area (Å²) in [5.41, 5.74) is 17.0. The van der Waals surface area contributed by atoms with E-state index >= 15 is 0 Å². The maximum absolute atomic E-state index is 13.2. The minimum Gasteiger partial charge on any atom is -0.446 e.